The van der Waals surface area contributed by atoms with E-state index in [-0.39, 0.29) is 5.78 Å². The molecule has 1 atom stereocenters. The number of hydrogen-bond acceptors (Lipinski definition) is 2. The summed E-state index contributed by atoms with van der Waals surface area (Å²) in [7, 11) is 0. The first-order chi connectivity index (χ1) is 9.74. The van der Waals surface area contributed by atoms with Crippen LogP contribution in [0.25, 0.3) is 0 Å². The van der Waals surface area contributed by atoms with Gasteiger partial charge in [0.1, 0.15) is 0 Å². The van der Waals surface area contributed by atoms with Gasteiger partial charge in [0.2, 0.25) is 0 Å². The summed E-state index contributed by atoms with van der Waals surface area (Å²) < 4.78 is 0. The number of hydrogen-bond donors (Lipinski definition) is 0. The number of ketones is 1. The lowest BCUT2D eigenvalue weighted by molar-refractivity contribution is 0.0971. The molecule has 1 unspecified atom stereocenters. The van der Waals surface area contributed by atoms with Crippen molar-refractivity contribution in [2.45, 2.75) is 38.5 Å². The monoisotopic (exact) mass is 265 g/mol. The van der Waals surface area contributed by atoms with Crippen molar-refractivity contribution in [1.29, 1.82) is 0 Å². The fraction of sp³-hybridized carbons (Fsp3) is 0.333. The van der Waals surface area contributed by atoms with Crippen LogP contribution in [0.4, 0.5) is 0 Å². The van der Waals surface area contributed by atoms with Crippen LogP contribution in [0.15, 0.2) is 42.6 Å². The van der Waals surface area contributed by atoms with Gasteiger partial charge in [-0.25, -0.2) is 0 Å². The Morgan fingerprint density at radius 3 is 3.00 bits per heavy atom. The Bertz CT molecular complexity index is 633. The van der Waals surface area contributed by atoms with E-state index < -0.39 is 0 Å². The van der Waals surface area contributed by atoms with Crippen molar-refractivity contribution in [1.82, 2.24) is 4.98 Å². The van der Waals surface area contributed by atoms with Crippen LogP contribution in [0, 0.1) is 6.92 Å². The van der Waals surface area contributed by atoms with E-state index in [4.69, 9.17) is 0 Å². The topological polar surface area (TPSA) is 30.0 Å². The van der Waals surface area contributed by atoms with Gasteiger partial charge in [0.15, 0.2) is 5.78 Å². The highest BCUT2D eigenvalue weighted by molar-refractivity contribution is 5.96. The van der Waals surface area contributed by atoms with Crippen LogP contribution < -0.4 is 0 Å². The number of Topliss-reactive ketones (excluding diaryl/α,β-unsaturated/α-hetero) is 1. The standard InChI is InChI=1S/C18H19NO/c1-13-11-16(9-10-19-13)18(20)12-15-7-4-6-14-5-2-3-8-17(14)15/h2-3,5,8-11,15H,4,6-7,12H2,1H3. The first kappa shape index (κ1) is 13.0. The molecule has 3 rings (SSSR count). The number of fused-ring (bicyclic) bond motifs is 1. The number of pyridine rings is 1. The molecule has 0 saturated carbocycles. The van der Waals surface area contributed by atoms with Gasteiger partial charge in [-0.2, -0.15) is 0 Å². The third-order valence-corrected chi connectivity index (χ3v) is 4.14. The molecule has 1 aliphatic rings. The van der Waals surface area contributed by atoms with Crippen LogP contribution in [-0.4, -0.2) is 10.8 Å². The fourth-order valence-corrected chi connectivity index (χ4v) is 3.13. The molecule has 1 aromatic heterocycles. The van der Waals surface area contributed by atoms with Crippen LogP contribution in [0.3, 0.4) is 0 Å². The zero-order valence-corrected chi connectivity index (χ0v) is 11.8. The van der Waals surface area contributed by atoms with E-state index >= 15 is 0 Å². The highest BCUT2D eigenvalue weighted by atomic mass is 16.1. The second-order valence-corrected chi connectivity index (χ2v) is 5.60. The van der Waals surface area contributed by atoms with Gasteiger partial charge in [0.05, 0.1) is 0 Å². The van der Waals surface area contributed by atoms with Gasteiger partial charge in [-0.1, -0.05) is 24.3 Å². The molecule has 20 heavy (non-hydrogen) atoms. The molecule has 0 amide bonds. The molecule has 0 aliphatic heterocycles. The Balaban J connectivity index is 1.81. The molecule has 102 valence electrons. The molecule has 0 saturated heterocycles. The fourth-order valence-electron chi connectivity index (χ4n) is 3.13. The first-order valence-electron chi connectivity index (χ1n) is 7.27. The minimum absolute atomic E-state index is 0.234. The highest BCUT2D eigenvalue weighted by Gasteiger charge is 2.22. The van der Waals surface area contributed by atoms with Crippen molar-refractivity contribution in [2.24, 2.45) is 0 Å². The lowest BCUT2D eigenvalue weighted by atomic mass is 9.79. The van der Waals surface area contributed by atoms with Gasteiger partial charge in [-0.15, -0.1) is 0 Å². The molecule has 0 fully saturated rings. The number of benzene rings is 1. The van der Waals surface area contributed by atoms with Crippen molar-refractivity contribution in [3.8, 4) is 0 Å². The Morgan fingerprint density at radius 1 is 1.30 bits per heavy atom. The van der Waals surface area contributed by atoms with Gasteiger partial charge in [-0.05, 0) is 55.4 Å². The van der Waals surface area contributed by atoms with Crippen molar-refractivity contribution >= 4 is 5.78 Å². The van der Waals surface area contributed by atoms with Crippen molar-refractivity contribution in [3.05, 3.63) is 65.0 Å². The van der Waals surface area contributed by atoms with Crippen LogP contribution >= 0.6 is 0 Å². The Hall–Kier alpha value is -1.96. The highest BCUT2D eigenvalue weighted by Crippen LogP contribution is 2.34. The molecule has 2 aromatic rings. The van der Waals surface area contributed by atoms with E-state index in [0.29, 0.717) is 12.3 Å². The summed E-state index contributed by atoms with van der Waals surface area (Å²) in [5.74, 6) is 0.609. The van der Waals surface area contributed by atoms with Crippen molar-refractivity contribution in [3.63, 3.8) is 0 Å². The van der Waals surface area contributed by atoms with Gasteiger partial charge < -0.3 is 0 Å². The predicted octanol–water partition coefficient (Wildman–Crippen LogP) is 4.08. The molecular formula is C18H19NO. The molecule has 0 spiro atoms. The van der Waals surface area contributed by atoms with E-state index in [1.807, 2.05) is 19.1 Å². The average molecular weight is 265 g/mol. The quantitative estimate of drug-likeness (QED) is 0.783. The zero-order valence-electron chi connectivity index (χ0n) is 11.8. The molecule has 2 heteroatoms. The van der Waals surface area contributed by atoms with E-state index in [1.165, 1.54) is 17.5 Å². The lowest BCUT2D eigenvalue weighted by Crippen LogP contribution is -2.14. The number of carbonyl (C=O) groups is 1. The average Bonchev–Trinajstić information content (AvgIpc) is 2.47. The molecule has 1 aromatic carbocycles. The minimum Gasteiger partial charge on any atom is -0.294 e. The van der Waals surface area contributed by atoms with Gasteiger partial charge >= 0.3 is 0 Å². The Labute approximate surface area is 119 Å². The molecular weight excluding hydrogens is 246 g/mol. The van der Waals surface area contributed by atoms with Crippen LogP contribution in [0.1, 0.15) is 52.4 Å². The number of nitrogens with zero attached hydrogens (tertiary/aromatic N) is 1. The zero-order chi connectivity index (χ0) is 13.9. The van der Waals surface area contributed by atoms with Crippen molar-refractivity contribution < 1.29 is 4.79 Å². The summed E-state index contributed by atoms with van der Waals surface area (Å²) in [6.45, 7) is 1.92. The predicted molar refractivity (Wildman–Crippen MR) is 80.0 cm³/mol. The summed E-state index contributed by atoms with van der Waals surface area (Å²) in [4.78, 5) is 16.6. The van der Waals surface area contributed by atoms with Crippen LogP contribution in [-0.2, 0) is 6.42 Å². The summed E-state index contributed by atoms with van der Waals surface area (Å²) in [6.07, 6.45) is 5.78. The van der Waals surface area contributed by atoms with E-state index in [2.05, 4.69) is 29.2 Å². The normalized spacial score (nSPS) is 17.6. The lowest BCUT2D eigenvalue weighted by Gasteiger charge is -2.25. The molecule has 0 N–H and O–H groups in total. The van der Waals surface area contributed by atoms with Crippen LogP contribution in [0.5, 0.6) is 0 Å². The molecule has 0 radical (unpaired) electrons. The maximum atomic E-state index is 12.4. The SMILES string of the molecule is Cc1cc(C(=O)CC2CCCc3ccccc32)ccn1. The van der Waals surface area contributed by atoms with E-state index in [9.17, 15) is 4.79 Å². The molecule has 0 bridgehead atoms. The third-order valence-electron chi connectivity index (χ3n) is 4.14. The smallest absolute Gasteiger partial charge is 0.163 e. The first-order valence-corrected chi connectivity index (χ1v) is 7.27. The maximum absolute atomic E-state index is 12.4. The minimum atomic E-state index is 0.234. The Morgan fingerprint density at radius 2 is 2.15 bits per heavy atom. The number of rotatable bonds is 3. The molecule has 2 nitrogen and oxygen atoms in total. The number of aromatic nitrogens is 1. The van der Waals surface area contributed by atoms with E-state index in [1.54, 1.807) is 6.20 Å². The number of aryl methyl sites for hydroxylation is 2. The van der Waals surface area contributed by atoms with E-state index in [0.717, 1.165) is 24.1 Å². The van der Waals surface area contributed by atoms with Gasteiger partial charge in [-0.3, -0.25) is 9.78 Å². The third kappa shape index (κ3) is 2.64. The molecule has 1 aliphatic carbocycles. The Kier molecular flexibility index (Phi) is 3.64. The second kappa shape index (κ2) is 5.58. The van der Waals surface area contributed by atoms with Crippen LogP contribution in [0.2, 0.25) is 0 Å². The van der Waals surface area contributed by atoms with Crippen molar-refractivity contribution in [2.75, 3.05) is 0 Å². The summed E-state index contributed by atoms with van der Waals surface area (Å²) in [5.41, 5.74) is 4.49. The second-order valence-electron chi connectivity index (χ2n) is 5.60. The number of carbonyl (C=O) groups excluding carboxylic acids is 1. The summed E-state index contributed by atoms with van der Waals surface area (Å²) in [6, 6.07) is 12.3. The van der Waals surface area contributed by atoms with Gasteiger partial charge in [0, 0.05) is 23.9 Å². The van der Waals surface area contributed by atoms with Gasteiger partial charge in [0.25, 0.3) is 0 Å². The largest absolute Gasteiger partial charge is 0.294 e. The molecule has 1 heterocycles. The maximum Gasteiger partial charge on any atom is 0.163 e. The summed E-state index contributed by atoms with van der Waals surface area (Å²) in [5, 5.41) is 0. The summed E-state index contributed by atoms with van der Waals surface area (Å²) >= 11 is 0.